The number of aliphatic carboxylic acids is 1. The predicted octanol–water partition coefficient (Wildman–Crippen LogP) is 2.82. The van der Waals surface area contributed by atoms with E-state index in [9.17, 15) is 19.8 Å². The number of carbonyl (C=O) groups excluding carboxylic acids is 1. The van der Waals surface area contributed by atoms with Crippen LogP contribution in [-0.2, 0) is 16.0 Å². The first-order chi connectivity index (χ1) is 16.5. The highest BCUT2D eigenvalue weighted by molar-refractivity contribution is 5.82. The molecule has 1 aliphatic rings. The Morgan fingerprint density at radius 3 is 2.15 bits per heavy atom. The third-order valence-corrected chi connectivity index (χ3v) is 6.10. The average molecular weight is 460 g/mol. The van der Waals surface area contributed by atoms with Crippen LogP contribution in [-0.4, -0.2) is 40.3 Å². The molecular formula is C27H29N3O4. The lowest BCUT2D eigenvalue weighted by Gasteiger charge is -2.22. The van der Waals surface area contributed by atoms with Gasteiger partial charge in [0.05, 0.1) is 0 Å². The normalized spacial score (nSPS) is 19.3. The van der Waals surface area contributed by atoms with Gasteiger partial charge in [-0.05, 0) is 35.1 Å². The molecule has 3 aromatic rings. The molecule has 7 nitrogen and oxygen atoms in total. The van der Waals surface area contributed by atoms with Gasteiger partial charge in [-0.2, -0.15) is 0 Å². The van der Waals surface area contributed by atoms with Crippen molar-refractivity contribution in [1.82, 2.24) is 16.2 Å². The Balaban J connectivity index is 1.41. The van der Waals surface area contributed by atoms with Crippen LogP contribution in [0.2, 0.25) is 0 Å². The van der Waals surface area contributed by atoms with E-state index in [1.54, 1.807) is 0 Å². The number of nitrogens with one attached hydrogen (secondary N) is 3. The zero-order chi connectivity index (χ0) is 23.9. The molecule has 3 aromatic carbocycles. The second kappa shape index (κ2) is 11.1. The monoisotopic (exact) mass is 459 g/mol. The number of hydrogen-bond donors (Lipinski definition) is 5. The first-order valence-electron chi connectivity index (χ1n) is 11.4. The van der Waals surface area contributed by atoms with E-state index in [0.29, 0.717) is 12.8 Å². The van der Waals surface area contributed by atoms with E-state index in [4.69, 9.17) is 0 Å². The highest BCUT2D eigenvalue weighted by atomic mass is 16.4. The van der Waals surface area contributed by atoms with E-state index < -0.39 is 24.2 Å². The summed E-state index contributed by atoms with van der Waals surface area (Å²) in [7, 11) is 0. The Labute approximate surface area is 198 Å². The van der Waals surface area contributed by atoms with Crippen molar-refractivity contribution < 1.29 is 19.8 Å². The van der Waals surface area contributed by atoms with Crippen LogP contribution in [0.4, 0.5) is 0 Å². The summed E-state index contributed by atoms with van der Waals surface area (Å²) in [5.41, 5.74) is 10.4. The second-order valence-corrected chi connectivity index (χ2v) is 8.60. The molecule has 2 unspecified atom stereocenters. The van der Waals surface area contributed by atoms with Gasteiger partial charge >= 0.3 is 5.97 Å². The Hall–Kier alpha value is -3.52. The number of hydrazine groups is 1. The van der Waals surface area contributed by atoms with Crippen LogP contribution in [0.3, 0.4) is 0 Å². The van der Waals surface area contributed by atoms with Crippen LogP contribution < -0.4 is 16.2 Å². The molecule has 1 saturated heterocycles. The zero-order valence-corrected chi connectivity index (χ0v) is 18.7. The van der Waals surface area contributed by atoms with Gasteiger partial charge in [0.25, 0.3) is 0 Å². The molecule has 1 amide bonds. The molecule has 1 aliphatic heterocycles. The molecule has 1 heterocycles. The molecule has 1 fully saturated rings. The minimum atomic E-state index is -1.55. The number of amides is 1. The molecule has 34 heavy (non-hydrogen) atoms. The fraction of sp³-hybridized carbons (Fsp3) is 0.259. The number of carbonyl (C=O) groups is 2. The highest BCUT2D eigenvalue weighted by Crippen LogP contribution is 2.23. The van der Waals surface area contributed by atoms with E-state index in [2.05, 4.69) is 16.2 Å². The van der Waals surface area contributed by atoms with Crippen LogP contribution in [0.5, 0.6) is 0 Å². The molecular weight excluding hydrogens is 430 g/mol. The van der Waals surface area contributed by atoms with Crippen molar-refractivity contribution in [1.29, 1.82) is 0 Å². The van der Waals surface area contributed by atoms with E-state index in [1.165, 1.54) is 0 Å². The number of aliphatic hydroxyl groups is 1. The summed E-state index contributed by atoms with van der Waals surface area (Å²) in [6, 6.07) is 26.8. The lowest BCUT2D eigenvalue weighted by atomic mass is 9.97. The quantitative estimate of drug-likeness (QED) is 0.337. The predicted molar refractivity (Wildman–Crippen MR) is 130 cm³/mol. The van der Waals surface area contributed by atoms with Gasteiger partial charge in [-0.3, -0.25) is 4.79 Å². The average Bonchev–Trinajstić information content (AvgIpc) is 3.36. The van der Waals surface area contributed by atoms with Crippen molar-refractivity contribution in [3.63, 3.8) is 0 Å². The zero-order valence-electron chi connectivity index (χ0n) is 18.7. The molecule has 0 saturated carbocycles. The van der Waals surface area contributed by atoms with E-state index in [-0.39, 0.29) is 18.4 Å². The van der Waals surface area contributed by atoms with Gasteiger partial charge < -0.3 is 15.5 Å². The summed E-state index contributed by atoms with van der Waals surface area (Å²) < 4.78 is 0. The largest absolute Gasteiger partial charge is 0.479 e. The Morgan fingerprint density at radius 1 is 0.882 bits per heavy atom. The minimum Gasteiger partial charge on any atom is -0.479 e. The number of rotatable bonds is 9. The topological polar surface area (TPSA) is 111 Å². The lowest BCUT2D eigenvalue weighted by molar-refractivity contribution is -0.147. The second-order valence-electron chi connectivity index (χ2n) is 8.60. The highest BCUT2D eigenvalue weighted by Gasteiger charge is 2.32. The van der Waals surface area contributed by atoms with Gasteiger partial charge in [0.1, 0.15) is 6.04 Å². The minimum absolute atomic E-state index is 0.00513. The van der Waals surface area contributed by atoms with Crippen molar-refractivity contribution in [2.75, 3.05) is 0 Å². The number of carboxylic acid groups (broad SMARTS) is 1. The number of carboxylic acids is 1. The number of hydrogen-bond acceptors (Lipinski definition) is 5. The number of aliphatic hydroxyl groups excluding tert-OH is 1. The third kappa shape index (κ3) is 6.08. The summed E-state index contributed by atoms with van der Waals surface area (Å²) in [5, 5.41) is 22.1. The van der Waals surface area contributed by atoms with E-state index >= 15 is 0 Å². The van der Waals surface area contributed by atoms with Gasteiger partial charge in [-0.15, -0.1) is 0 Å². The number of benzene rings is 3. The summed E-state index contributed by atoms with van der Waals surface area (Å²) >= 11 is 0. The summed E-state index contributed by atoms with van der Waals surface area (Å²) in [4.78, 5) is 24.2. The lowest BCUT2D eigenvalue weighted by Crippen LogP contribution is -2.48. The fourth-order valence-corrected chi connectivity index (χ4v) is 4.25. The van der Waals surface area contributed by atoms with Crippen LogP contribution in [0, 0.1) is 0 Å². The van der Waals surface area contributed by atoms with Gasteiger partial charge in [0, 0.05) is 18.5 Å². The van der Waals surface area contributed by atoms with Crippen molar-refractivity contribution >= 4 is 11.9 Å². The van der Waals surface area contributed by atoms with Crippen molar-refractivity contribution in [2.24, 2.45) is 0 Å². The van der Waals surface area contributed by atoms with Crippen LogP contribution in [0.25, 0.3) is 11.1 Å². The molecule has 176 valence electrons. The molecule has 4 atom stereocenters. The van der Waals surface area contributed by atoms with Crippen molar-refractivity contribution in [2.45, 2.75) is 43.5 Å². The first-order valence-corrected chi connectivity index (χ1v) is 11.4. The van der Waals surface area contributed by atoms with Gasteiger partial charge in [0.2, 0.25) is 5.91 Å². The first kappa shape index (κ1) is 23.6. The molecule has 0 bridgehead atoms. The van der Waals surface area contributed by atoms with Crippen LogP contribution in [0.15, 0.2) is 84.9 Å². The molecule has 0 aliphatic carbocycles. The molecule has 0 radical (unpaired) electrons. The maximum absolute atomic E-state index is 13.0. The summed E-state index contributed by atoms with van der Waals surface area (Å²) in [6.45, 7) is 0. The maximum Gasteiger partial charge on any atom is 0.332 e. The molecule has 7 heteroatoms. The standard InChI is InChI=1S/C27H29N3O4/c31-25(27(33)34)16-22(15-18-11-13-20(14-12-18)19-7-3-1-4-8-19)28-26(32)24-17-23(29-30-24)21-9-5-2-6-10-21/h1-14,22-25,29-31H,15-17H2,(H,28,32)(H,33,34)/t22-,23?,24?,25-/m1/s1. The smallest absolute Gasteiger partial charge is 0.332 e. The molecule has 0 aromatic heterocycles. The Morgan fingerprint density at radius 2 is 1.50 bits per heavy atom. The van der Waals surface area contributed by atoms with E-state index in [0.717, 1.165) is 22.3 Å². The molecule has 0 spiro atoms. The fourth-order valence-electron chi connectivity index (χ4n) is 4.25. The summed E-state index contributed by atoms with van der Waals surface area (Å²) in [6.07, 6.45) is -0.659. The molecule has 4 rings (SSSR count). The summed E-state index contributed by atoms with van der Waals surface area (Å²) in [5.74, 6) is -1.53. The van der Waals surface area contributed by atoms with Crippen LogP contribution in [0.1, 0.15) is 30.0 Å². The maximum atomic E-state index is 13.0. The van der Waals surface area contributed by atoms with Crippen LogP contribution >= 0.6 is 0 Å². The SMILES string of the molecule is O=C(N[C@H](Cc1ccc(-c2ccccc2)cc1)C[C@@H](O)C(=O)O)C1CC(c2ccccc2)NN1. The van der Waals surface area contributed by atoms with Crippen molar-refractivity contribution in [3.05, 3.63) is 96.1 Å². The van der Waals surface area contributed by atoms with Gasteiger partial charge in [-0.1, -0.05) is 84.9 Å². The van der Waals surface area contributed by atoms with E-state index in [1.807, 2.05) is 84.9 Å². The Kier molecular flexibility index (Phi) is 7.69. The Bertz CT molecular complexity index is 1090. The van der Waals surface area contributed by atoms with Crippen molar-refractivity contribution in [3.8, 4) is 11.1 Å². The molecule has 5 N–H and O–H groups in total. The third-order valence-electron chi connectivity index (χ3n) is 6.10. The van der Waals surface area contributed by atoms with Gasteiger partial charge in [0.15, 0.2) is 6.10 Å². The van der Waals surface area contributed by atoms with Gasteiger partial charge in [-0.25, -0.2) is 15.6 Å².